The van der Waals surface area contributed by atoms with E-state index in [1.165, 1.54) is 19.1 Å². The van der Waals surface area contributed by atoms with Crippen LogP contribution < -0.4 is 4.72 Å². The summed E-state index contributed by atoms with van der Waals surface area (Å²) in [4.78, 5) is -0.639. The maximum absolute atomic E-state index is 13.6. The first-order chi connectivity index (χ1) is 9.31. The van der Waals surface area contributed by atoms with Crippen molar-refractivity contribution >= 4 is 15.7 Å². The van der Waals surface area contributed by atoms with Crippen molar-refractivity contribution < 1.29 is 21.6 Å². The van der Waals surface area contributed by atoms with Gasteiger partial charge in [-0.25, -0.2) is 21.6 Å². The van der Waals surface area contributed by atoms with Crippen molar-refractivity contribution in [2.24, 2.45) is 0 Å². The quantitative estimate of drug-likeness (QED) is 0.946. The fraction of sp³-hybridized carbons (Fsp3) is 0.0769. The lowest BCUT2D eigenvalue weighted by atomic mass is 10.2. The lowest BCUT2D eigenvalue weighted by Crippen LogP contribution is -2.15. The van der Waals surface area contributed by atoms with Gasteiger partial charge < -0.3 is 0 Å². The van der Waals surface area contributed by atoms with Crippen molar-refractivity contribution in [3.05, 3.63) is 59.4 Å². The van der Waals surface area contributed by atoms with Crippen LogP contribution in [0.2, 0.25) is 0 Å². The van der Waals surface area contributed by atoms with Crippen LogP contribution >= 0.6 is 0 Å². The summed E-state index contributed by atoms with van der Waals surface area (Å²) in [5.74, 6) is -2.69. The lowest BCUT2D eigenvalue weighted by molar-refractivity contribution is 0.568. The van der Waals surface area contributed by atoms with Crippen molar-refractivity contribution in [3.63, 3.8) is 0 Å². The van der Waals surface area contributed by atoms with Crippen LogP contribution in [0, 0.1) is 24.4 Å². The minimum Gasteiger partial charge on any atom is -0.276 e. The molecule has 0 aliphatic carbocycles. The smallest absolute Gasteiger partial charge is 0.264 e. The molecule has 0 atom stereocenters. The number of nitrogens with one attached hydrogen (secondary N) is 1. The van der Waals surface area contributed by atoms with E-state index < -0.39 is 38.1 Å². The average molecular weight is 301 g/mol. The van der Waals surface area contributed by atoms with Gasteiger partial charge in [0.15, 0.2) is 0 Å². The van der Waals surface area contributed by atoms with Crippen molar-refractivity contribution in [2.75, 3.05) is 4.72 Å². The van der Waals surface area contributed by atoms with Gasteiger partial charge in [-0.2, -0.15) is 0 Å². The summed E-state index contributed by atoms with van der Waals surface area (Å²) in [6, 6.07) is 6.20. The Bertz CT molecular complexity index is 760. The van der Waals surface area contributed by atoms with E-state index in [1.807, 2.05) is 4.72 Å². The number of benzene rings is 2. The SMILES string of the molecule is Cc1cc(F)c(NS(=O)(=O)c2ccccc2F)cc1F. The Balaban J connectivity index is 2.44. The van der Waals surface area contributed by atoms with Gasteiger partial charge in [0.2, 0.25) is 0 Å². The van der Waals surface area contributed by atoms with E-state index in [2.05, 4.69) is 0 Å². The van der Waals surface area contributed by atoms with Crippen LogP contribution in [0.3, 0.4) is 0 Å². The molecule has 0 aliphatic heterocycles. The molecule has 0 bridgehead atoms. The van der Waals surface area contributed by atoms with Crippen molar-refractivity contribution in [1.29, 1.82) is 0 Å². The molecule has 2 rings (SSSR count). The molecule has 0 aliphatic rings. The molecular formula is C13H10F3NO2S. The Morgan fingerprint density at radius 1 is 0.950 bits per heavy atom. The molecule has 3 nitrogen and oxygen atoms in total. The summed E-state index contributed by atoms with van der Waals surface area (Å²) >= 11 is 0. The second kappa shape index (κ2) is 5.16. The zero-order valence-electron chi connectivity index (χ0n) is 10.3. The van der Waals surface area contributed by atoms with E-state index in [1.54, 1.807) is 0 Å². The van der Waals surface area contributed by atoms with E-state index in [-0.39, 0.29) is 5.56 Å². The number of sulfonamides is 1. The lowest BCUT2D eigenvalue weighted by Gasteiger charge is -2.10. The largest absolute Gasteiger partial charge is 0.276 e. The minimum atomic E-state index is -4.33. The Kier molecular flexibility index (Phi) is 3.71. The molecule has 0 radical (unpaired) electrons. The van der Waals surface area contributed by atoms with Crippen LogP contribution in [-0.4, -0.2) is 8.42 Å². The average Bonchev–Trinajstić information content (AvgIpc) is 2.36. The van der Waals surface area contributed by atoms with Gasteiger partial charge in [0.05, 0.1) is 5.69 Å². The van der Waals surface area contributed by atoms with Gasteiger partial charge in [0.1, 0.15) is 22.3 Å². The molecule has 0 amide bonds. The molecule has 2 aromatic rings. The summed E-state index contributed by atoms with van der Waals surface area (Å²) in [6.07, 6.45) is 0. The van der Waals surface area contributed by atoms with E-state index in [0.717, 1.165) is 18.2 Å². The van der Waals surface area contributed by atoms with Gasteiger partial charge in [-0.05, 0) is 30.7 Å². The molecule has 20 heavy (non-hydrogen) atoms. The second-order valence-corrected chi connectivity index (χ2v) is 5.77. The maximum Gasteiger partial charge on any atom is 0.264 e. The molecule has 0 heterocycles. The van der Waals surface area contributed by atoms with Crippen LogP contribution in [-0.2, 0) is 10.0 Å². The highest BCUT2D eigenvalue weighted by Crippen LogP contribution is 2.23. The number of halogens is 3. The third kappa shape index (κ3) is 2.77. The summed E-state index contributed by atoms with van der Waals surface area (Å²) in [5.41, 5.74) is -0.535. The standard InChI is InChI=1S/C13H10F3NO2S/c1-8-6-11(16)12(7-10(8)15)17-20(18,19)13-5-3-2-4-9(13)14/h2-7,17H,1H3. The molecule has 0 unspecified atom stereocenters. The highest BCUT2D eigenvalue weighted by Gasteiger charge is 2.20. The fourth-order valence-corrected chi connectivity index (χ4v) is 2.73. The maximum atomic E-state index is 13.6. The highest BCUT2D eigenvalue weighted by atomic mass is 32.2. The molecule has 0 saturated carbocycles. The van der Waals surface area contributed by atoms with Gasteiger partial charge in [-0.1, -0.05) is 12.1 Å². The predicted octanol–water partition coefficient (Wildman–Crippen LogP) is 3.21. The summed E-state index contributed by atoms with van der Waals surface area (Å²) in [5, 5.41) is 0. The van der Waals surface area contributed by atoms with Gasteiger partial charge in [0.25, 0.3) is 10.0 Å². The monoisotopic (exact) mass is 301 g/mol. The van der Waals surface area contributed by atoms with Gasteiger partial charge in [0, 0.05) is 6.07 Å². The van der Waals surface area contributed by atoms with Crippen LogP contribution in [0.15, 0.2) is 41.3 Å². The Hall–Kier alpha value is -2.02. The predicted molar refractivity (Wildman–Crippen MR) is 68.3 cm³/mol. The van der Waals surface area contributed by atoms with Gasteiger partial charge in [-0.15, -0.1) is 0 Å². The molecule has 0 spiro atoms. The molecule has 0 aromatic heterocycles. The summed E-state index contributed by atoms with van der Waals surface area (Å²) in [7, 11) is -4.33. The molecule has 0 fully saturated rings. The first-order valence-corrected chi connectivity index (χ1v) is 7.02. The first-order valence-electron chi connectivity index (χ1n) is 5.54. The molecule has 0 saturated heterocycles. The Morgan fingerprint density at radius 2 is 1.60 bits per heavy atom. The van der Waals surface area contributed by atoms with Crippen LogP contribution in [0.1, 0.15) is 5.56 Å². The number of hydrogen-bond acceptors (Lipinski definition) is 2. The molecule has 2 aromatic carbocycles. The van der Waals surface area contributed by atoms with Crippen molar-refractivity contribution in [2.45, 2.75) is 11.8 Å². The zero-order chi connectivity index (χ0) is 14.9. The van der Waals surface area contributed by atoms with Crippen molar-refractivity contribution in [1.82, 2.24) is 0 Å². The van der Waals surface area contributed by atoms with E-state index in [4.69, 9.17) is 0 Å². The molecule has 106 valence electrons. The highest BCUT2D eigenvalue weighted by molar-refractivity contribution is 7.92. The van der Waals surface area contributed by atoms with E-state index >= 15 is 0 Å². The van der Waals surface area contributed by atoms with Gasteiger partial charge in [-0.3, -0.25) is 4.72 Å². The van der Waals surface area contributed by atoms with Crippen LogP contribution in [0.25, 0.3) is 0 Å². The molecule has 7 heteroatoms. The third-order valence-corrected chi connectivity index (χ3v) is 4.02. The molecule has 1 N–H and O–H groups in total. The van der Waals surface area contributed by atoms with Crippen LogP contribution in [0.4, 0.5) is 18.9 Å². The van der Waals surface area contributed by atoms with Gasteiger partial charge >= 0.3 is 0 Å². The molecular weight excluding hydrogens is 291 g/mol. The Morgan fingerprint density at radius 3 is 2.25 bits per heavy atom. The topological polar surface area (TPSA) is 46.2 Å². The third-order valence-electron chi connectivity index (χ3n) is 2.62. The van der Waals surface area contributed by atoms with Crippen LogP contribution in [0.5, 0.6) is 0 Å². The number of hydrogen-bond donors (Lipinski definition) is 1. The van der Waals surface area contributed by atoms with E-state index in [0.29, 0.717) is 6.07 Å². The normalized spacial score (nSPS) is 11.4. The number of anilines is 1. The second-order valence-electron chi connectivity index (χ2n) is 4.12. The number of rotatable bonds is 3. The number of aryl methyl sites for hydroxylation is 1. The summed E-state index contributed by atoms with van der Waals surface area (Å²) in [6.45, 7) is 1.34. The van der Waals surface area contributed by atoms with Crippen molar-refractivity contribution in [3.8, 4) is 0 Å². The summed E-state index contributed by atoms with van der Waals surface area (Å²) < 4.78 is 66.1. The minimum absolute atomic E-state index is 0.0383. The van der Waals surface area contributed by atoms with E-state index in [9.17, 15) is 21.6 Å². The fourth-order valence-electron chi connectivity index (χ4n) is 1.59. The zero-order valence-corrected chi connectivity index (χ0v) is 11.1. The Labute approximate surface area is 114 Å². The first kappa shape index (κ1) is 14.4.